The maximum atomic E-state index is 9.79. The average molecular weight is 137 g/mol. The maximum absolute atomic E-state index is 9.79. The molecule has 0 fully saturated rings. The third-order valence-corrected chi connectivity index (χ3v) is 1.33. The van der Waals surface area contributed by atoms with Crippen LogP contribution in [0, 0.1) is 10.1 Å². The van der Waals surface area contributed by atoms with Crippen molar-refractivity contribution in [1.29, 1.82) is 0 Å². The van der Waals surface area contributed by atoms with Crippen molar-refractivity contribution in [2.24, 2.45) is 0 Å². The van der Waals surface area contributed by atoms with Crippen LogP contribution in [0.1, 0.15) is 0 Å². The van der Waals surface area contributed by atoms with Gasteiger partial charge in [0.25, 0.3) is 0 Å². The molecule has 2 atom stereocenters. The van der Waals surface area contributed by atoms with Crippen molar-refractivity contribution in [3.05, 3.63) is 10.1 Å². The van der Waals surface area contributed by atoms with E-state index in [9.17, 15) is 10.1 Å². The van der Waals surface area contributed by atoms with E-state index in [-0.39, 0.29) is 6.61 Å². The molecule has 0 aliphatic rings. The Labute approximate surface area is 49.2 Å². The summed E-state index contributed by atoms with van der Waals surface area (Å²) in [5.41, 5.74) is 0. The monoisotopic (exact) mass is 137 g/mol. The van der Waals surface area contributed by atoms with Crippen molar-refractivity contribution in [1.82, 2.24) is 0 Å². The molecule has 8 heavy (non-hydrogen) atoms. The van der Waals surface area contributed by atoms with E-state index in [1.807, 2.05) is 0 Å². The second-order valence-electron chi connectivity index (χ2n) is 1.36. The van der Waals surface area contributed by atoms with Crippen molar-refractivity contribution in [2.45, 2.75) is 6.04 Å². The van der Waals surface area contributed by atoms with E-state index in [1.54, 1.807) is 0 Å². The Morgan fingerprint density at radius 1 is 1.88 bits per heavy atom. The van der Waals surface area contributed by atoms with Crippen LogP contribution in [0.5, 0.6) is 0 Å². The Morgan fingerprint density at radius 3 is 2.38 bits per heavy atom. The zero-order valence-corrected chi connectivity index (χ0v) is 5.43. The van der Waals surface area contributed by atoms with E-state index in [2.05, 4.69) is 9.24 Å². The summed E-state index contributed by atoms with van der Waals surface area (Å²) in [5.74, 6) is 0. The lowest BCUT2D eigenvalue weighted by Gasteiger charge is -1.99. The molecule has 1 N–H and O–H groups in total. The van der Waals surface area contributed by atoms with Gasteiger partial charge in [0, 0.05) is 11.1 Å². The number of hydrogen-bond donors (Lipinski definition) is 1. The van der Waals surface area contributed by atoms with Crippen LogP contribution in [0.15, 0.2) is 0 Å². The largest absolute Gasteiger partial charge is 0.389 e. The van der Waals surface area contributed by atoms with Gasteiger partial charge in [-0.25, -0.2) is 0 Å². The average Bonchev–Trinajstić information content (AvgIpc) is 1.69. The molecule has 0 saturated carbocycles. The van der Waals surface area contributed by atoms with Crippen LogP contribution >= 0.6 is 9.24 Å². The molecule has 0 bridgehead atoms. The molecule has 0 aliphatic carbocycles. The van der Waals surface area contributed by atoms with Gasteiger partial charge in [-0.3, -0.25) is 10.1 Å². The minimum atomic E-state index is -0.806. The summed E-state index contributed by atoms with van der Waals surface area (Å²) in [6.07, 6.45) is 0.309. The maximum Gasteiger partial charge on any atom is 0.239 e. The summed E-state index contributed by atoms with van der Waals surface area (Å²) < 4.78 is 0. The number of nitrogens with zero attached hydrogens (tertiary/aromatic N) is 1. The number of rotatable bonds is 3. The Balaban J connectivity index is 3.52. The Morgan fingerprint density at radius 2 is 2.38 bits per heavy atom. The summed E-state index contributed by atoms with van der Waals surface area (Å²) in [5, 5.41) is 18.0. The highest BCUT2D eigenvalue weighted by molar-refractivity contribution is 7.16. The molecule has 0 heterocycles. The number of aliphatic hydroxyl groups is 1. The molecule has 0 aromatic carbocycles. The summed E-state index contributed by atoms with van der Waals surface area (Å²) >= 11 is 0. The summed E-state index contributed by atoms with van der Waals surface area (Å²) in [7, 11) is 2.21. The second-order valence-corrected chi connectivity index (χ2v) is 1.83. The van der Waals surface area contributed by atoms with Crippen LogP contribution in [0.4, 0.5) is 0 Å². The molecule has 48 valence electrons. The molecule has 0 aromatic heterocycles. The predicted molar refractivity (Wildman–Crippen MR) is 32.4 cm³/mol. The molecule has 0 aliphatic heterocycles. The van der Waals surface area contributed by atoms with E-state index in [0.717, 1.165) is 0 Å². The first-order valence-corrected chi connectivity index (χ1v) is 2.98. The molecule has 0 spiro atoms. The zero-order valence-electron chi connectivity index (χ0n) is 4.28. The summed E-state index contributed by atoms with van der Waals surface area (Å²) in [6, 6.07) is -0.806. The second kappa shape index (κ2) is 3.75. The first kappa shape index (κ1) is 7.79. The van der Waals surface area contributed by atoms with Crippen LogP contribution < -0.4 is 0 Å². The van der Waals surface area contributed by atoms with Crippen LogP contribution in [-0.4, -0.2) is 28.8 Å². The molecule has 0 aromatic rings. The van der Waals surface area contributed by atoms with Gasteiger partial charge >= 0.3 is 0 Å². The topological polar surface area (TPSA) is 63.4 Å². The first-order valence-electron chi connectivity index (χ1n) is 2.16. The molecule has 0 rings (SSSR count). The minimum Gasteiger partial charge on any atom is -0.389 e. The van der Waals surface area contributed by atoms with Gasteiger partial charge < -0.3 is 5.11 Å². The standard InChI is InChI=1S/C3H8NO3P/c5-1-3(2-8)4(6)7/h3,5H,1-2,8H2. The van der Waals surface area contributed by atoms with Crippen LogP contribution in [0.3, 0.4) is 0 Å². The summed E-state index contributed by atoms with van der Waals surface area (Å²) in [6.45, 7) is -0.378. The fourth-order valence-electron chi connectivity index (χ4n) is 0.227. The number of aliphatic hydroxyl groups excluding tert-OH is 1. The Bertz CT molecular complexity index is 82.6. The summed E-state index contributed by atoms with van der Waals surface area (Å²) in [4.78, 5) is 9.30. The molecule has 0 amide bonds. The predicted octanol–water partition coefficient (Wildman–Crippen LogP) is -0.501. The van der Waals surface area contributed by atoms with Gasteiger partial charge in [-0.15, -0.1) is 9.24 Å². The van der Waals surface area contributed by atoms with E-state index in [0.29, 0.717) is 6.16 Å². The molecule has 2 unspecified atom stereocenters. The van der Waals surface area contributed by atoms with Crippen LogP contribution in [-0.2, 0) is 0 Å². The van der Waals surface area contributed by atoms with E-state index in [1.165, 1.54) is 0 Å². The highest BCUT2D eigenvalue weighted by Gasteiger charge is 2.14. The normalized spacial score (nSPS) is 13.2. The lowest BCUT2D eigenvalue weighted by molar-refractivity contribution is -0.519. The first-order chi connectivity index (χ1) is 3.72. The third kappa shape index (κ3) is 2.19. The molecule has 0 saturated heterocycles. The van der Waals surface area contributed by atoms with Gasteiger partial charge in [0.05, 0.1) is 0 Å². The lowest BCUT2D eigenvalue weighted by atomic mass is 10.4. The van der Waals surface area contributed by atoms with Crippen molar-refractivity contribution in [3.8, 4) is 0 Å². The van der Waals surface area contributed by atoms with Crippen LogP contribution in [0.25, 0.3) is 0 Å². The van der Waals surface area contributed by atoms with E-state index < -0.39 is 11.0 Å². The van der Waals surface area contributed by atoms with Crippen LogP contribution in [0.2, 0.25) is 0 Å². The smallest absolute Gasteiger partial charge is 0.239 e. The van der Waals surface area contributed by atoms with Gasteiger partial charge in [0.1, 0.15) is 6.61 Å². The van der Waals surface area contributed by atoms with Gasteiger partial charge in [-0.05, 0) is 0 Å². The fraction of sp³-hybridized carbons (Fsp3) is 1.00. The molecule has 0 radical (unpaired) electrons. The highest BCUT2D eigenvalue weighted by atomic mass is 31.0. The third-order valence-electron chi connectivity index (χ3n) is 0.781. The van der Waals surface area contributed by atoms with Crippen molar-refractivity contribution in [2.75, 3.05) is 12.8 Å². The van der Waals surface area contributed by atoms with Crippen molar-refractivity contribution in [3.63, 3.8) is 0 Å². The molecule has 5 heteroatoms. The van der Waals surface area contributed by atoms with Gasteiger partial charge in [0.15, 0.2) is 0 Å². The molecular formula is C3H8NO3P. The highest BCUT2D eigenvalue weighted by Crippen LogP contribution is 1.93. The Hall–Kier alpha value is -0.210. The van der Waals surface area contributed by atoms with Gasteiger partial charge in [-0.1, -0.05) is 0 Å². The fourth-order valence-corrected chi connectivity index (χ4v) is 0.548. The lowest BCUT2D eigenvalue weighted by Crippen LogP contribution is -2.24. The minimum absolute atomic E-state index is 0.309. The SMILES string of the molecule is O=[N+]([O-])C(CO)CP. The van der Waals surface area contributed by atoms with Crippen molar-refractivity contribution < 1.29 is 10.0 Å². The van der Waals surface area contributed by atoms with Crippen molar-refractivity contribution >= 4 is 9.24 Å². The van der Waals surface area contributed by atoms with E-state index in [4.69, 9.17) is 5.11 Å². The number of hydrogen-bond acceptors (Lipinski definition) is 3. The quantitative estimate of drug-likeness (QED) is 0.324. The van der Waals surface area contributed by atoms with Gasteiger partial charge in [0.2, 0.25) is 6.04 Å². The molecular weight excluding hydrogens is 129 g/mol. The number of nitro groups is 1. The molecule has 4 nitrogen and oxygen atoms in total. The Kier molecular flexibility index (Phi) is 3.65. The van der Waals surface area contributed by atoms with E-state index >= 15 is 0 Å². The zero-order chi connectivity index (χ0) is 6.57. The van der Waals surface area contributed by atoms with Gasteiger partial charge in [-0.2, -0.15) is 0 Å².